The van der Waals surface area contributed by atoms with Crippen LogP contribution in [0, 0.1) is 43.5 Å². The van der Waals surface area contributed by atoms with E-state index in [4.69, 9.17) is 14.2 Å². The van der Waals surface area contributed by atoms with Crippen molar-refractivity contribution in [2.24, 2.45) is 11.8 Å². The Hall–Kier alpha value is -4.91. The van der Waals surface area contributed by atoms with E-state index in [9.17, 15) is 38.2 Å². The molecule has 3 aromatic rings. The molecule has 3 aromatic carbocycles. The number of carbonyl (C=O) groups excluding carboxylic acids is 2. The number of ether oxygens (including phenoxy) is 3. The van der Waals surface area contributed by atoms with Crippen molar-refractivity contribution in [1.82, 2.24) is 0 Å². The molecule has 1 heterocycles. The van der Waals surface area contributed by atoms with Gasteiger partial charge in [0.25, 0.3) is 11.4 Å². The lowest BCUT2D eigenvalue weighted by atomic mass is 9.66. The Kier molecular flexibility index (Phi) is 9.30. The third-order valence-corrected chi connectivity index (χ3v) is 11.0. The normalized spacial score (nSPS) is 23.6. The maximum Gasteiger partial charge on any atom is 0.338 e. The van der Waals surface area contributed by atoms with Crippen molar-refractivity contribution < 1.29 is 42.1 Å². The number of esters is 2. The fourth-order valence-corrected chi connectivity index (χ4v) is 8.35. The number of benzene rings is 3. The Morgan fingerprint density at radius 2 is 1.34 bits per heavy atom. The van der Waals surface area contributed by atoms with Crippen LogP contribution in [0.3, 0.4) is 0 Å². The number of sulfone groups is 1. The van der Waals surface area contributed by atoms with Crippen LogP contribution >= 0.6 is 0 Å². The van der Waals surface area contributed by atoms with Crippen molar-refractivity contribution in [3.05, 3.63) is 110 Å². The van der Waals surface area contributed by atoms with Gasteiger partial charge in [-0.25, -0.2) is 18.0 Å². The molecule has 1 aliphatic heterocycles. The predicted molar refractivity (Wildman–Crippen MR) is 170 cm³/mol. The summed E-state index contributed by atoms with van der Waals surface area (Å²) in [7, 11) is -6.06. The van der Waals surface area contributed by atoms with Crippen molar-refractivity contribution in [2.75, 3.05) is 6.61 Å². The minimum atomic E-state index is -4.09. The smallest absolute Gasteiger partial charge is 0.338 e. The molecule has 1 saturated heterocycles. The van der Waals surface area contributed by atoms with Gasteiger partial charge in [-0.15, -0.1) is 11.5 Å². The van der Waals surface area contributed by atoms with Gasteiger partial charge < -0.3 is 14.2 Å². The fourth-order valence-electron chi connectivity index (χ4n) is 5.57. The molecule has 13 nitrogen and oxygen atoms in total. The second kappa shape index (κ2) is 13.1. The summed E-state index contributed by atoms with van der Waals surface area (Å²) in [6, 6.07) is 17.1. The highest BCUT2D eigenvalue weighted by atomic mass is 32.2. The molecule has 0 spiro atoms. The van der Waals surface area contributed by atoms with Crippen LogP contribution in [0.5, 0.6) is 0 Å². The van der Waals surface area contributed by atoms with Gasteiger partial charge in [-0.05, 0) is 36.4 Å². The van der Waals surface area contributed by atoms with E-state index in [0.717, 1.165) is 24.3 Å². The first-order valence-corrected chi connectivity index (χ1v) is 19.6. The SMILES string of the molecule is C[Si](C)(C)C#C[C@@H]1[C@H]2OC[C@H](OC(=O)c3ccc([N+](=O)[O-])cc3)[C@H](OC(=O)c3ccc([N+](=O)[O-])cc3)[C@H]2[C@H]1S(=O)(=O)c1ccccc1. The largest absolute Gasteiger partial charge is 0.454 e. The number of rotatable bonds is 8. The third kappa shape index (κ3) is 7.09. The standard InChI is InChI=1S/C32H30N2O11SSi/c1-47(2,3)18-17-25-28-27(30(25)46(41,42)24-7-5-4-6-8-24)29(45-32(36)21-11-15-23(16-12-21)34(39)40)26(19-43-28)44-31(35)20-9-13-22(14-10-20)33(37)38/h4-16,25-30H,19H2,1-3H3/t25-,26+,27+,28-,29+,30+/m1/s1. The number of fused-ring (bicyclic) bond motifs is 1. The third-order valence-electron chi connectivity index (χ3n) is 7.84. The molecule has 0 unspecified atom stereocenters. The van der Waals surface area contributed by atoms with Crippen LogP contribution in [0.25, 0.3) is 0 Å². The van der Waals surface area contributed by atoms with Crippen LogP contribution in [0.1, 0.15) is 20.7 Å². The van der Waals surface area contributed by atoms with Gasteiger partial charge in [0.15, 0.2) is 15.9 Å². The summed E-state index contributed by atoms with van der Waals surface area (Å²) < 4.78 is 46.1. The lowest BCUT2D eigenvalue weighted by Gasteiger charge is -2.55. The number of nitro groups is 2. The number of carbonyl (C=O) groups is 2. The maximum absolute atomic E-state index is 14.2. The molecule has 1 aliphatic carbocycles. The monoisotopic (exact) mass is 678 g/mol. The van der Waals surface area contributed by atoms with E-state index in [-0.39, 0.29) is 34.0 Å². The maximum atomic E-state index is 14.2. The van der Waals surface area contributed by atoms with Gasteiger partial charge in [0.1, 0.15) is 14.2 Å². The first-order chi connectivity index (χ1) is 22.2. The fraction of sp³-hybridized carbons (Fsp3) is 0.312. The van der Waals surface area contributed by atoms with E-state index >= 15 is 0 Å². The van der Waals surface area contributed by atoms with Crippen molar-refractivity contribution in [3.63, 3.8) is 0 Å². The summed E-state index contributed by atoms with van der Waals surface area (Å²) >= 11 is 0. The average molecular weight is 679 g/mol. The Bertz CT molecular complexity index is 1870. The minimum absolute atomic E-state index is 0.0286. The van der Waals surface area contributed by atoms with Crippen molar-refractivity contribution in [3.8, 4) is 11.5 Å². The Morgan fingerprint density at radius 1 is 0.830 bits per heavy atom. The van der Waals surface area contributed by atoms with Gasteiger partial charge in [-0.2, -0.15) is 0 Å². The van der Waals surface area contributed by atoms with Gasteiger partial charge in [0.2, 0.25) is 0 Å². The molecule has 2 fully saturated rings. The van der Waals surface area contributed by atoms with E-state index in [1.54, 1.807) is 18.2 Å². The molecule has 2 aliphatic rings. The molecule has 0 radical (unpaired) electrons. The molecular weight excluding hydrogens is 649 g/mol. The quantitative estimate of drug-likeness (QED) is 0.107. The van der Waals surface area contributed by atoms with Crippen LogP contribution in [-0.2, 0) is 24.0 Å². The van der Waals surface area contributed by atoms with E-state index in [1.165, 1.54) is 36.4 Å². The van der Waals surface area contributed by atoms with Gasteiger partial charge in [-0.1, -0.05) is 37.8 Å². The predicted octanol–water partition coefficient (Wildman–Crippen LogP) is 4.62. The van der Waals surface area contributed by atoms with Crippen LogP contribution in [0.2, 0.25) is 19.6 Å². The molecule has 244 valence electrons. The van der Waals surface area contributed by atoms with E-state index in [2.05, 4.69) is 11.5 Å². The summed E-state index contributed by atoms with van der Waals surface area (Å²) in [5.74, 6) is -0.464. The molecule has 5 rings (SSSR count). The number of non-ortho nitro benzene ring substituents is 2. The Morgan fingerprint density at radius 3 is 1.83 bits per heavy atom. The first kappa shape index (κ1) is 33.5. The van der Waals surface area contributed by atoms with Crippen LogP contribution in [0.4, 0.5) is 11.4 Å². The molecule has 0 amide bonds. The average Bonchev–Trinajstić information content (AvgIpc) is 3.02. The molecule has 0 N–H and O–H groups in total. The summed E-state index contributed by atoms with van der Waals surface area (Å²) in [5.41, 5.74) is 2.67. The number of hydrogen-bond acceptors (Lipinski definition) is 11. The van der Waals surface area contributed by atoms with Crippen LogP contribution in [0.15, 0.2) is 83.8 Å². The Labute approximate surface area is 271 Å². The lowest BCUT2D eigenvalue weighted by Crippen LogP contribution is -2.69. The van der Waals surface area contributed by atoms with Gasteiger partial charge in [0.05, 0.1) is 49.7 Å². The number of nitro benzene ring substituents is 2. The van der Waals surface area contributed by atoms with Crippen molar-refractivity contribution in [1.29, 1.82) is 0 Å². The zero-order valence-electron chi connectivity index (χ0n) is 25.5. The van der Waals surface area contributed by atoms with Crippen LogP contribution < -0.4 is 0 Å². The summed E-state index contributed by atoms with van der Waals surface area (Å²) in [6.45, 7) is 5.78. The van der Waals surface area contributed by atoms with Crippen molar-refractivity contribution in [2.45, 2.75) is 48.1 Å². The number of nitrogens with zero attached hydrogens (tertiary/aromatic N) is 2. The topological polar surface area (TPSA) is 182 Å². The molecule has 6 atom stereocenters. The molecule has 1 saturated carbocycles. The minimum Gasteiger partial charge on any atom is -0.454 e. The van der Waals surface area contributed by atoms with E-state index in [1.807, 2.05) is 19.6 Å². The van der Waals surface area contributed by atoms with E-state index < -0.39 is 75.1 Å². The molecular formula is C32H30N2O11SSi. The molecule has 15 heteroatoms. The highest BCUT2D eigenvalue weighted by Crippen LogP contribution is 2.50. The Balaban J connectivity index is 1.53. The van der Waals surface area contributed by atoms with Gasteiger partial charge >= 0.3 is 11.9 Å². The van der Waals surface area contributed by atoms with Crippen LogP contribution in [-0.4, -0.2) is 68.4 Å². The molecule has 47 heavy (non-hydrogen) atoms. The summed E-state index contributed by atoms with van der Waals surface area (Å²) in [4.78, 5) is 47.6. The van der Waals surface area contributed by atoms with Gasteiger partial charge in [0, 0.05) is 30.2 Å². The zero-order chi connectivity index (χ0) is 34.1. The molecule has 0 bridgehead atoms. The highest BCUT2D eigenvalue weighted by Gasteiger charge is 2.65. The van der Waals surface area contributed by atoms with Crippen molar-refractivity contribution >= 4 is 41.2 Å². The lowest BCUT2D eigenvalue weighted by molar-refractivity contribution is -0.385. The zero-order valence-corrected chi connectivity index (χ0v) is 27.3. The van der Waals surface area contributed by atoms with Gasteiger partial charge in [-0.3, -0.25) is 20.2 Å². The summed E-state index contributed by atoms with van der Waals surface area (Å²) in [6.07, 6.45) is -3.39. The highest BCUT2D eigenvalue weighted by molar-refractivity contribution is 7.92. The molecule has 0 aromatic heterocycles. The first-order valence-electron chi connectivity index (χ1n) is 14.5. The second-order valence-electron chi connectivity index (χ2n) is 12.2. The summed E-state index contributed by atoms with van der Waals surface area (Å²) in [5, 5.41) is 21.0. The number of hydrogen-bond donors (Lipinski definition) is 0. The van der Waals surface area contributed by atoms with E-state index in [0.29, 0.717) is 0 Å². The second-order valence-corrected chi connectivity index (χ2v) is 19.0.